The number of nitrogens with zero attached hydrogens (tertiary/aromatic N) is 2. The summed E-state index contributed by atoms with van der Waals surface area (Å²) in [6, 6.07) is 4.58. The topological polar surface area (TPSA) is 75.5 Å². The smallest absolute Gasteiger partial charge is 0.321 e. The predicted octanol–water partition coefficient (Wildman–Crippen LogP) is 3.10. The Morgan fingerprint density at radius 1 is 1.48 bits per heavy atom. The Morgan fingerprint density at radius 2 is 2.24 bits per heavy atom. The fourth-order valence-electron chi connectivity index (χ4n) is 2.45. The Balaban J connectivity index is 2.14. The lowest BCUT2D eigenvalue weighted by molar-refractivity contribution is -0.384. The van der Waals surface area contributed by atoms with E-state index in [1.54, 1.807) is 11.0 Å². The average Bonchev–Trinajstić information content (AvgIpc) is 2.45. The SMILES string of the molecule is CC(C)CCNC(=O)N1CCCc2ccc([N+](=O)[O-])cc21. The van der Waals surface area contributed by atoms with Gasteiger partial charge in [-0.2, -0.15) is 0 Å². The van der Waals surface area contributed by atoms with Gasteiger partial charge in [-0.25, -0.2) is 4.79 Å². The van der Waals surface area contributed by atoms with Crippen LogP contribution < -0.4 is 10.2 Å². The Hall–Kier alpha value is -2.11. The number of nitrogens with one attached hydrogen (secondary N) is 1. The number of anilines is 1. The zero-order valence-electron chi connectivity index (χ0n) is 12.5. The van der Waals surface area contributed by atoms with Crippen LogP contribution in [0.4, 0.5) is 16.2 Å². The number of non-ortho nitro benzene ring substituents is 1. The molecule has 0 aliphatic carbocycles. The molecule has 0 saturated heterocycles. The van der Waals surface area contributed by atoms with E-state index < -0.39 is 4.92 Å². The number of hydrogen-bond donors (Lipinski definition) is 1. The quantitative estimate of drug-likeness (QED) is 0.684. The number of aryl methyl sites for hydroxylation is 1. The van der Waals surface area contributed by atoms with Crippen molar-refractivity contribution in [3.8, 4) is 0 Å². The molecule has 0 bridgehead atoms. The fraction of sp³-hybridized carbons (Fsp3) is 0.533. The van der Waals surface area contributed by atoms with Crippen molar-refractivity contribution in [2.24, 2.45) is 5.92 Å². The van der Waals surface area contributed by atoms with Crippen molar-refractivity contribution in [1.29, 1.82) is 0 Å². The molecule has 1 aliphatic rings. The van der Waals surface area contributed by atoms with E-state index in [1.807, 2.05) is 0 Å². The van der Waals surface area contributed by atoms with Gasteiger partial charge in [0.15, 0.2) is 0 Å². The number of nitro groups is 1. The van der Waals surface area contributed by atoms with Gasteiger partial charge in [0.2, 0.25) is 0 Å². The van der Waals surface area contributed by atoms with Crippen LogP contribution in [-0.2, 0) is 6.42 Å². The minimum atomic E-state index is -0.427. The number of urea groups is 1. The molecule has 1 aromatic carbocycles. The van der Waals surface area contributed by atoms with E-state index in [1.165, 1.54) is 12.1 Å². The number of benzene rings is 1. The van der Waals surface area contributed by atoms with Gasteiger partial charge in [0.05, 0.1) is 10.6 Å². The molecule has 1 N–H and O–H groups in total. The van der Waals surface area contributed by atoms with Crippen molar-refractivity contribution in [1.82, 2.24) is 5.32 Å². The lowest BCUT2D eigenvalue weighted by Crippen LogP contribution is -2.43. The maximum atomic E-state index is 12.3. The summed E-state index contributed by atoms with van der Waals surface area (Å²) in [5, 5.41) is 13.8. The second-order valence-corrected chi connectivity index (χ2v) is 5.74. The summed E-state index contributed by atoms with van der Waals surface area (Å²) >= 11 is 0. The molecule has 6 nitrogen and oxygen atoms in total. The first-order valence-electron chi connectivity index (χ1n) is 7.31. The molecular formula is C15H21N3O3. The van der Waals surface area contributed by atoms with Crippen LogP contribution in [0.2, 0.25) is 0 Å². The maximum absolute atomic E-state index is 12.3. The highest BCUT2D eigenvalue weighted by atomic mass is 16.6. The molecule has 0 spiro atoms. The summed E-state index contributed by atoms with van der Waals surface area (Å²) in [6.07, 6.45) is 2.65. The highest BCUT2D eigenvalue weighted by Crippen LogP contribution is 2.30. The van der Waals surface area contributed by atoms with Crippen molar-refractivity contribution in [2.75, 3.05) is 18.0 Å². The van der Waals surface area contributed by atoms with Gasteiger partial charge in [0, 0.05) is 25.2 Å². The average molecular weight is 291 g/mol. The zero-order valence-corrected chi connectivity index (χ0v) is 12.5. The molecular weight excluding hydrogens is 270 g/mol. The minimum Gasteiger partial charge on any atom is -0.338 e. The summed E-state index contributed by atoms with van der Waals surface area (Å²) in [5.74, 6) is 0.528. The van der Waals surface area contributed by atoms with Crippen LogP contribution in [-0.4, -0.2) is 24.0 Å². The lowest BCUT2D eigenvalue weighted by atomic mass is 10.0. The van der Waals surface area contributed by atoms with E-state index in [0.29, 0.717) is 24.7 Å². The molecule has 0 aromatic heterocycles. The zero-order chi connectivity index (χ0) is 15.4. The molecule has 0 radical (unpaired) electrons. The van der Waals surface area contributed by atoms with Crippen molar-refractivity contribution in [2.45, 2.75) is 33.1 Å². The number of amides is 2. The van der Waals surface area contributed by atoms with Gasteiger partial charge in [0.1, 0.15) is 0 Å². The molecule has 21 heavy (non-hydrogen) atoms. The molecule has 2 amide bonds. The number of fused-ring (bicyclic) bond motifs is 1. The Kier molecular flexibility index (Phi) is 4.77. The maximum Gasteiger partial charge on any atom is 0.321 e. The first kappa shape index (κ1) is 15.3. The van der Waals surface area contributed by atoms with E-state index in [4.69, 9.17) is 0 Å². The van der Waals surface area contributed by atoms with Gasteiger partial charge in [-0.05, 0) is 30.7 Å². The molecule has 0 unspecified atom stereocenters. The van der Waals surface area contributed by atoms with Gasteiger partial charge in [-0.15, -0.1) is 0 Å². The molecule has 2 rings (SSSR count). The summed E-state index contributed by atoms with van der Waals surface area (Å²) in [5.41, 5.74) is 1.68. The molecule has 114 valence electrons. The van der Waals surface area contributed by atoms with Crippen LogP contribution >= 0.6 is 0 Å². The number of nitro benzene ring substituents is 1. The molecule has 0 saturated carbocycles. The summed E-state index contributed by atoms with van der Waals surface area (Å²) in [6.45, 7) is 5.43. The van der Waals surface area contributed by atoms with E-state index in [-0.39, 0.29) is 11.7 Å². The third-order valence-corrected chi connectivity index (χ3v) is 3.64. The third kappa shape index (κ3) is 3.71. The van der Waals surface area contributed by atoms with Gasteiger partial charge < -0.3 is 5.32 Å². The molecule has 0 fully saturated rings. The fourth-order valence-corrected chi connectivity index (χ4v) is 2.45. The van der Waals surface area contributed by atoms with Crippen LogP contribution in [0.3, 0.4) is 0 Å². The van der Waals surface area contributed by atoms with E-state index >= 15 is 0 Å². The van der Waals surface area contributed by atoms with Crippen LogP contribution in [0.25, 0.3) is 0 Å². The van der Waals surface area contributed by atoms with Crippen molar-refractivity contribution in [3.05, 3.63) is 33.9 Å². The molecule has 1 aliphatic heterocycles. The van der Waals surface area contributed by atoms with Crippen LogP contribution in [0.5, 0.6) is 0 Å². The van der Waals surface area contributed by atoms with Crippen molar-refractivity contribution >= 4 is 17.4 Å². The lowest BCUT2D eigenvalue weighted by Gasteiger charge is -2.29. The van der Waals surface area contributed by atoms with Crippen LogP contribution in [0, 0.1) is 16.0 Å². The van der Waals surface area contributed by atoms with E-state index in [0.717, 1.165) is 24.8 Å². The second-order valence-electron chi connectivity index (χ2n) is 5.74. The van der Waals surface area contributed by atoms with E-state index in [9.17, 15) is 14.9 Å². The monoisotopic (exact) mass is 291 g/mol. The molecule has 0 atom stereocenters. The van der Waals surface area contributed by atoms with E-state index in [2.05, 4.69) is 19.2 Å². The Labute approximate surface area is 124 Å². The highest BCUT2D eigenvalue weighted by molar-refractivity contribution is 5.93. The Morgan fingerprint density at radius 3 is 2.90 bits per heavy atom. The first-order chi connectivity index (χ1) is 9.99. The normalized spacial score (nSPS) is 14.0. The van der Waals surface area contributed by atoms with Crippen LogP contribution in [0.1, 0.15) is 32.3 Å². The van der Waals surface area contributed by atoms with Crippen LogP contribution in [0.15, 0.2) is 18.2 Å². The standard InChI is InChI=1S/C15H21N3O3/c1-11(2)7-8-16-15(19)17-9-3-4-12-5-6-13(18(20)21)10-14(12)17/h5-6,10-11H,3-4,7-9H2,1-2H3,(H,16,19). The number of carbonyl (C=O) groups is 1. The van der Waals surface area contributed by atoms with Gasteiger partial charge in [0.25, 0.3) is 5.69 Å². The predicted molar refractivity (Wildman–Crippen MR) is 81.6 cm³/mol. The largest absolute Gasteiger partial charge is 0.338 e. The first-order valence-corrected chi connectivity index (χ1v) is 7.31. The van der Waals surface area contributed by atoms with Gasteiger partial charge >= 0.3 is 6.03 Å². The van der Waals surface area contributed by atoms with Gasteiger partial charge in [-0.1, -0.05) is 19.9 Å². The van der Waals surface area contributed by atoms with Crippen molar-refractivity contribution < 1.29 is 9.72 Å². The molecule has 6 heteroatoms. The number of carbonyl (C=O) groups excluding carboxylic acids is 1. The molecule has 1 aromatic rings. The number of hydrogen-bond acceptors (Lipinski definition) is 3. The van der Waals surface area contributed by atoms with Gasteiger partial charge in [-0.3, -0.25) is 15.0 Å². The summed E-state index contributed by atoms with van der Waals surface area (Å²) in [7, 11) is 0. The Bertz CT molecular complexity index is 543. The molecule has 1 heterocycles. The third-order valence-electron chi connectivity index (χ3n) is 3.64. The minimum absolute atomic E-state index is 0.0237. The second kappa shape index (κ2) is 6.56. The highest BCUT2D eigenvalue weighted by Gasteiger charge is 2.24. The number of rotatable bonds is 4. The summed E-state index contributed by atoms with van der Waals surface area (Å²) < 4.78 is 0. The summed E-state index contributed by atoms with van der Waals surface area (Å²) in [4.78, 5) is 24.4. The van der Waals surface area contributed by atoms with Crippen molar-refractivity contribution in [3.63, 3.8) is 0 Å².